The molecule has 0 saturated carbocycles. The summed E-state index contributed by atoms with van der Waals surface area (Å²) < 4.78 is 2.71. The number of quaternary nitrogens is 1. The quantitative estimate of drug-likeness (QED) is 0.599. The van der Waals surface area contributed by atoms with Crippen LogP contribution >= 0.6 is 0 Å². The fourth-order valence-corrected chi connectivity index (χ4v) is 0.960. The van der Waals surface area contributed by atoms with Gasteiger partial charge in [0.1, 0.15) is 0 Å². The Morgan fingerprint density at radius 1 is 1.42 bits per heavy atom. The van der Waals surface area contributed by atoms with Gasteiger partial charge in [-0.25, -0.2) is 0 Å². The average Bonchev–Trinajstić information content (AvgIpc) is 2.30. The summed E-state index contributed by atoms with van der Waals surface area (Å²) in [6, 6.07) is 0. The highest BCUT2D eigenvalue weighted by Gasteiger charge is 2.08. The van der Waals surface area contributed by atoms with Crippen LogP contribution in [0, 0.1) is 0 Å². The van der Waals surface area contributed by atoms with E-state index in [1.54, 1.807) is 4.68 Å². The molecule has 4 nitrogen and oxygen atoms in total. The molecule has 0 N–H and O–H groups in total. The predicted octanol–water partition coefficient (Wildman–Crippen LogP) is 0.0638. The Balaban J connectivity index is 2.44. The van der Waals surface area contributed by atoms with E-state index in [0.29, 0.717) is 0 Å². The number of aryl methyl sites for hydroxylation is 1. The maximum atomic E-state index is 4.02. The second-order valence-electron chi connectivity index (χ2n) is 4.15. The zero-order valence-electron chi connectivity index (χ0n) is 8.28. The molecule has 0 aliphatic heterocycles. The van der Waals surface area contributed by atoms with Gasteiger partial charge in [-0.3, -0.25) is 4.68 Å². The molecule has 0 aromatic carbocycles. The molecule has 0 aliphatic rings. The molecule has 0 radical (unpaired) electrons. The third kappa shape index (κ3) is 3.00. The van der Waals surface area contributed by atoms with Crippen molar-refractivity contribution in [3.8, 4) is 0 Å². The van der Waals surface area contributed by atoms with Crippen molar-refractivity contribution in [2.45, 2.75) is 6.42 Å². The standard InChI is InChI=1S/C8H17N4/c1-11-7-8(9-10-11)5-6-12(2,3)4/h7H,5-6H2,1-4H3/q+1. The Labute approximate surface area is 73.4 Å². The second-order valence-corrected chi connectivity index (χ2v) is 4.15. The van der Waals surface area contributed by atoms with Crippen LogP contribution in [0.5, 0.6) is 0 Å². The third-order valence-electron chi connectivity index (χ3n) is 1.69. The molecule has 0 atom stereocenters. The number of hydrogen-bond donors (Lipinski definition) is 0. The molecule has 1 rings (SSSR count). The van der Waals surface area contributed by atoms with Gasteiger partial charge in [0, 0.05) is 19.7 Å². The highest BCUT2D eigenvalue weighted by atomic mass is 15.4. The van der Waals surface area contributed by atoms with E-state index < -0.39 is 0 Å². The van der Waals surface area contributed by atoms with Crippen LogP contribution in [0.15, 0.2) is 6.20 Å². The predicted molar refractivity (Wildman–Crippen MR) is 47.6 cm³/mol. The summed E-state index contributed by atoms with van der Waals surface area (Å²) in [6.45, 7) is 1.10. The van der Waals surface area contributed by atoms with Gasteiger partial charge in [0.2, 0.25) is 0 Å². The highest BCUT2D eigenvalue weighted by Crippen LogP contribution is 1.97. The SMILES string of the molecule is Cn1cc(CC[N+](C)(C)C)nn1. The fraction of sp³-hybridized carbons (Fsp3) is 0.750. The molecule has 0 saturated heterocycles. The largest absolute Gasteiger partial charge is 0.331 e. The first kappa shape index (κ1) is 9.19. The van der Waals surface area contributed by atoms with Crippen molar-refractivity contribution >= 4 is 0 Å². The molecule has 4 heteroatoms. The van der Waals surface area contributed by atoms with Crippen molar-refractivity contribution in [3.63, 3.8) is 0 Å². The van der Waals surface area contributed by atoms with Gasteiger partial charge in [-0.15, -0.1) is 5.10 Å². The molecule has 1 heterocycles. The van der Waals surface area contributed by atoms with Crippen LogP contribution in [-0.4, -0.2) is 47.2 Å². The lowest BCUT2D eigenvalue weighted by molar-refractivity contribution is -0.870. The molecule has 0 bridgehead atoms. The molecule has 1 aromatic heterocycles. The van der Waals surface area contributed by atoms with Gasteiger partial charge in [0.15, 0.2) is 0 Å². The summed E-state index contributed by atoms with van der Waals surface area (Å²) >= 11 is 0. The Hall–Kier alpha value is -0.900. The summed E-state index contributed by atoms with van der Waals surface area (Å²) in [7, 11) is 8.42. The van der Waals surface area contributed by atoms with Crippen LogP contribution in [-0.2, 0) is 13.5 Å². The minimum Gasteiger partial charge on any atom is -0.331 e. The van der Waals surface area contributed by atoms with Crippen LogP contribution in [0.25, 0.3) is 0 Å². The van der Waals surface area contributed by atoms with E-state index in [-0.39, 0.29) is 0 Å². The van der Waals surface area contributed by atoms with E-state index >= 15 is 0 Å². The van der Waals surface area contributed by atoms with Crippen LogP contribution in [0.1, 0.15) is 5.69 Å². The van der Waals surface area contributed by atoms with Crippen molar-refractivity contribution in [2.24, 2.45) is 7.05 Å². The number of nitrogens with zero attached hydrogens (tertiary/aromatic N) is 4. The van der Waals surface area contributed by atoms with E-state index in [1.807, 2.05) is 13.2 Å². The van der Waals surface area contributed by atoms with Crippen molar-refractivity contribution < 1.29 is 4.48 Å². The Kier molecular flexibility index (Phi) is 2.47. The fourth-order valence-electron chi connectivity index (χ4n) is 0.960. The second kappa shape index (κ2) is 3.23. The first-order valence-electron chi connectivity index (χ1n) is 4.13. The van der Waals surface area contributed by atoms with Gasteiger partial charge in [-0.2, -0.15) is 0 Å². The lowest BCUT2D eigenvalue weighted by Crippen LogP contribution is -2.36. The van der Waals surface area contributed by atoms with Crippen molar-refractivity contribution in [1.29, 1.82) is 0 Å². The van der Waals surface area contributed by atoms with Gasteiger partial charge in [0.05, 0.1) is 33.4 Å². The maximum absolute atomic E-state index is 4.02. The molecular weight excluding hydrogens is 152 g/mol. The summed E-state index contributed by atoms with van der Waals surface area (Å²) in [6.07, 6.45) is 2.97. The van der Waals surface area contributed by atoms with E-state index in [0.717, 1.165) is 23.1 Å². The van der Waals surface area contributed by atoms with Crippen LogP contribution in [0.3, 0.4) is 0 Å². The molecule has 0 amide bonds. The number of rotatable bonds is 3. The maximum Gasteiger partial charge on any atom is 0.0883 e. The lowest BCUT2D eigenvalue weighted by Gasteiger charge is -2.22. The van der Waals surface area contributed by atoms with Gasteiger partial charge in [-0.1, -0.05) is 5.21 Å². The van der Waals surface area contributed by atoms with E-state index in [2.05, 4.69) is 31.5 Å². The first-order chi connectivity index (χ1) is 5.47. The molecule has 0 unspecified atom stereocenters. The molecular formula is C8H17N4+. The van der Waals surface area contributed by atoms with Crippen LogP contribution in [0.4, 0.5) is 0 Å². The molecule has 68 valence electrons. The van der Waals surface area contributed by atoms with E-state index in [4.69, 9.17) is 0 Å². The van der Waals surface area contributed by atoms with Crippen molar-refractivity contribution in [1.82, 2.24) is 15.0 Å². The minimum atomic E-state index is 0.969. The summed E-state index contributed by atoms with van der Waals surface area (Å²) in [5.41, 5.74) is 1.07. The zero-order valence-corrected chi connectivity index (χ0v) is 8.28. The molecule has 0 aliphatic carbocycles. The molecule has 12 heavy (non-hydrogen) atoms. The summed E-state index contributed by atoms with van der Waals surface area (Å²) in [5, 5.41) is 7.90. The van der Waals surface area contributed by atoms with Gasteiger partial charge in [0.25, 0.3) is 0 Å². The van der Waals surface area contributed by atoms with Gasteiger partial charge >= 0.3 is 0 Å². The highest BCUT2D eigenvalue weighted by molar-refractivity contribution is 4.91. The lowest BCUT2D eigenvalue weighted by atomic mass is 10.3. The minimum absolute atomic E-state index is 0.969. The number of aromatic nitrogens is 3. The zero-order chi connectivity index (χ0) is 9.19. The van der Waals surface area contributed by atoms with Gasteiger partial charge < -0.3 is 4.48 Å². The normalized spacial score (nSPS) is 12.0. The third-order valence-corrected chi connectivity index (χ3v) is 1.69. The Morgan fingerprint density at radius 3 is 2.50 bits per heavy atom. The summed E-state index contributed by atoms with van der Waals surface area (Å²) in [4.78, 5) is 0. The smallest absolute Gasteiger partial charge is 0.0883 e. The van der Waals surface area contributed by atoms with Crippen molar-refractivity contribution in [3.05, 3.63) is 11.9 Å². The van der Waals surface area contributed by atoms with Crippen LogP contribution in [0.2, 0.25) is 0 Å². The molecule has 0 spiro atoms. The number of likely N-dealkylation sites (N-methyl/N-ethyl adjacent to an activating group) is 1. The number of hydrogen-bond acceptors (Lipinski definition) is 2. The topological polar surface area (TPSA) is 30.7 Å². The average molecular weight is 169 g/mol. The molecule has 1 aromatic rings. The first-order valence-corrected chi connectivity index (χ1v) is 4.13. The van der Waals surface area contributed by atoms with Gasteiger partial charge in [-0.05, 0) is 0 Å². The van der Waals surface area contributed by atoms with E-state index in [9.17, 15) is 0 Å². The Morgan fingerprint density at radius 2 is 2.08 bits per heavy atom. The van der Waals surface area contributed by atoms with Crippen LogP contribution < -0.4 is 0 Å². The van der Waals surface area contributed by atoms with Crippen molar-refractivity contribution in [2.75, 3.05) is 27.7 Å². The molecule has 0 fully saturated rings. The van der Waals surface area contributed by atoms with E-state index in [1.165, 1.54) is 0 Å². The Bertz CT molecular complexity index is 246. The monoisotopic (exact) mass is 169 g/mol. The summed E-state index contributed by atoms with van der Waals surface area (Å²) in [5.74, 6) is 0.